The Kier molecular flexibility index (Phi) is 5.05. The summed E-state index contributed by atoms with van der Waals surface area (Å²) in [6.07, 6.45) is -3.53. The van der Waals surface area contributed by atoms with E-state index in [0.717, 1.165) is 0 Å². The lowest BCUT2D eigenvalue weighted by Crippen LogP contribution is -2.33. The van der Waals surface area contributed by atoms with Crippen LogP contribution >= 0.6 is 0 Å². The van der Waals surface area contributed by atoms with Gasteiger partial charge in [-0.15, -0.1) is 0 Å². The third kappa shape index (κ3) is 3.94. The topological polar surface area (TPSA) is 29.5 Å². The van der Waals surface area contributed by atoms with Crippen molar-refractivity contribution in [2.45, 2.75) is 44.9 Å². The highest BCUT2D eigenvalue weighted by Gasteiger charge is 2.42. The van der Waals surface area contributed by atoms with Gasteiger partial charge in [0.15, 0.2) is 0 Å². The van der Waals surface area contributed by atoms with E-state index in [0.29, 0.717) is 19.4 Å². The first-order chi connectivity index (χ1) is 7.45. The van der Waals surface area contributed by atoms with Crippen molar-refractivity contribution in [2.24, 2.45) is 11.8 Å². The van der Waals surface area contributed by atoms with Crippen molar-refractivity contribution < 1.29 is 23.0 Å². The van der Waals surface area contributed by atoms with Crippen molar-refractivity contribution in [3.05, 3.63) is 0 Å². The summed E-state index contributed by atoms with van der Waals surface area (Å²) in [6.45, 7) is 2.58. The molecule has 0 radical (unpaired) electrons. The Hall–Kier alpha value is -0.290. The van der Waals surface area contributed by atoms with Gasteiger partial charge in [0, 0.05) is 6.61 Å². The van der Waals surface area contributed by atoms with E-state index < -0.39 is 18.2 Å². The lowest BCUT2D eigenvalue weighted by atomic mass is 9.79. The summed E-state index contributed by atoms with van der Waals surface area (Å²) < 4.78 is 42.2. The smallest absolute Gasteiger partial charge is 0.390 e. The zero-order valence-corrected chi connectivity index (χ0v) is 9.46. The summed E-state index contributed by atoms with van der Waals surface area (Å²) in [5.41, 5.74) is 0. The third-order valence-corrected chi connectivity index (χ3v) is 3.27. The first kappa shape index (κ1) is 13.8. The van der Waals surface area contributed by atoms with Gasteiger partial charge in [0.1, 0.15) is 0 Å². The minimum absolute atomic E-state index is 0.0369. The molecule has 0 aliphatic heterocycles. The van der Waals surface area contributed by atoms with Crippen molar-refractivity contribution in [3.8, 4) is 0 Å². The fourth-order valence-electron chi connectivity index (χ4n) is 2.21. The maximum atomic E-state index is 12.4. The minimum Gasteiger partial charge on any atom is -0.390 e. The van der Waals surface area contributed by atoms with Crippen LogP contribution in [0.4, 0.5) is 13.2 Å². The molecule has 0 bridgehead atoms. The zero-order valence-electron chi connectivity index (χ0n) is 9.46. The Morgan fingerprint density at radius 3 is 2.25 bits per heavy atom. The van der Waals surface area contributed by atoms with E-state index in [1.165, 1.54) is 0 Å². The molecular weight excluding hydrogens is 221 g/mol. The van der Waals surface area contributed by atoms with Crippen LogP contribution in [-0.4, -0.2) is 30.6 Å². The Labute approximate surface area is 93.8 Å². The molecular formula is C11H19F3O2. The van der Waals surface area contributed by atoms with E-state index in [-0.39, 0.29) is 25.4 Å². The second-order valence-corrected chi connectivity index (χ2v) is 4.38. The van der Waals surface area contributed by atoms with Gasteiger partial charge in [-0.05, 0) is 38.5 Å². The monoisotopic (exact) mass is 240 g/mol. The number of ether oxygens (including phenoxy) is 1. The Morgan fingerprint density at radius 1 is 1.25 bits per heavy atom. The number of aliphatic hydroxyl groups excluding tert-OH is 1. The molecule has 0 heterocycles. The summed E-state index contributed by atoms with van der Waals surface area (Å²) >= 11 is 0. The number of hydrogen-bond acceptors (Lipinski definition) is 2. The van der Waals surface area contributed by atoms with Gasteiger partial charge < -0.3 is 9.84 Å². The van der Waals surface area contributed by atoms with Crippen molar-refractivity contribution in [3.63, 3.8) is 0 Å². The maximum Gasteiger partial charge on any atom is 0.391 e. The molecule has 16 heavy (non-hydrogen) atoms. The van der Waals surface area contributed by atoms with Gasteiger partial charge in [-0.25, -0.2) is 0 Å². The Bertz CT molecular complexity index is 198. The van der Waals surface area contributed by atoms with E-state index in [4.69, 9.17) is 4.74 Å². The average molecular weight is 240 g/mol. The molecule has 1 atom stereocenters. The number of aliphatic hydroxyl groups is 1. The Morgan fingerprint density at radius 2 is 1.81 bits per heavy atom. The van der Waals surface area contributed by atoms with Gasteiger partial charge >= 0.3 is 6.18 Å². The summed E-state index contributed by atoms with van der Waals surface area (Å²) in [5, 5.41) is 9.69. The van der Waals surface area contributed by atoms with Crippen LogP contribution in [0.3, 0.4) is 0 Å². The van der Waals surface area contributed by atoms with Crippen LogP contribution in [0.25, 0.3) is 0 Å². The van der Waals surface area contributed by atoms with Gasteiger partial charge in [0.2, 0.25) is 0 Å². The van der Waals surface area contributed by atoms with Gasteiger partial charge in [-0.1, -0.05) is 0 Å². The fourth-order valence-corrected chi connectivity index (χ4v) is 2.21. The molecule has 1 unspecified atom stereocenters. The van der Waals surface area contributed by atoms with Gasteiger partial charge in [0.25, 0.3) is 0 Å². The molecule has 2 nitrogen and oxygen atoms in total. The summed E-state index contributed by atoms with van der Waals surface area (Å²) in [5.74, 6) is -1.21. The Balaban J connectivity index is 2.31. The van der Waals surface area contributed by atoms with Crippen molar-refractivity contribution in [1.29, 1.82) is 0 Å². The predicted molar refractivity (Wildman–Crippen MR) is 54.0 cm³/mol. The van der Waals surface area contributed by atoms with Gasteiger partial charge in [-0.3, -0.25) is 0 Å². The second-order valence-electron chi connectivity index (χ2n) is 4.38. The molecule has 0 amide bonds. The molecule has 1 rings (SSSR count). The van der Waals surface area contributed by atoms with E-state index in [2.05, 4.69) is 0 Å². The van der Waals surface area contributed by atoms with Gasteiger partial charge in [0.05, 0.1) is 18.6 Å². The minimum atomic E-state index is -4.07. The molecule has 96 valence electrons. The maximum absolute atomic E-state index is 12.4. The summed E-state index contributed by atoms with van der Waals surface area (Å²) in [4.78, 5) is 0. The third-order valence-electron chi connectivity index (χ3n) is 3.27. The SMILES string of the molecule is CCOCC(O)C1CCC(C(F)(F)F)CC1. The number of rotatable bonds is 4. The molecule has 5 heteroatoms. The van der Waals surface area contributed by atoms with E-state index in [1.54, 1.807) is 0 Å². The highest BCUT2D eigenvalue weighted by Crippen LogP contribution is 2.40. The molecule has 0 aromatic rings. The highest BCUT2D eigenvalue weighted by molar-refractivity contribution is 4.80. The van der Waals surface area contributed by atoms with E-state index in [9.17, 15) is 18.3 Å². The highest BCUT2D eigenvalue weighted by atomic mass is 19.4. The van der Waals surface area contributed by atoms with Crippen LogP contribution in [0.1, 0.15) is 32.6 Å². The van der Waals surface area contributed by atoms with Crippen LogP contribution in [0.5, 0.6) is 0 Å². The molecule has 1 fully saturated rings. The number of hydrogen-bond donors (Lipinski definition) is 1. The predicted octanol–water partition coefficient (Wildman–Crippen LogP) is 2.75. The largest absolute Gasteiger partial charge is 0.391 e. The summed E-state index contributed by atoms with van der Waals surface area (Å²) in [7, 11) is 0. The molecule has 1 N–H and O–H groups in total. The number of alkyl halides is 3. The standard InChI is InChI=1S/C11H19F3O2/c1-2-16-7-10(15)8-3-5-9(6-4-8)11(12,13)14/h8-10,15H,2-7H2,1H3. The lowest BCUT2D eigenvalue weighted by Gasteiger charge is -2.32. The summed E-state index contributed by atoms with van der Waals surface area (Å²) in [6, 6.07) is 0. The van der Waals surface area contributed by atoms with E-state index in [1.807, 2.05) is 6.92 Å². The van der Waals surface area contributed by atoms with Crippen LogP contribution in [-0.2, 0) is 4.74 Å². The molecule has 1 aliphatic carbocycles. The van der Waals surface area contributed by atoms with Crippen LogP contribution in [0, 0.1) is 11.8 Å². The van der Waals surface area contributed by atoms with Crippen molar-refractivity contribution in [2.75, 3.05) is 13.2 Å². The zero-order chi connectivity index (χ0) is 12.2. The van der Waals surface area contributed by atoms with E-state index >= 15 is 0 Å². The molecule has 1 saturated carbocycles. The second kappa shape index (κ2) is 5.87. The van der Waals surface area contributed by atoms with Crippen molar-refractivity contribution in [1.82, 2.24) is 0 Å². The fraction of sp³-hybridized carbons (Fsp3) is 1.00. The van der Waals surface area contributed by atoms with Crippen molar-refractivity contribution >= 4 is 0 Å². The molecule has 1 aliphatic rings. The normalized spacial score (nSPS) is 29.1. The number of halogens is 3. The molecule has 0 spiro atoms. The molecule has 0 aromatic carbocycles. The van der Waals surface area contributed by atoms with Crippen LogP contribution in [0.15, 0.2) is 0 Å². The quantitative estimate of drug-likeness (QED) is 0.818. The van der Waals surface area contributed by atoms with Crippen LogP contribution in [0.2, 0.25) is 0 Å². The van der Waals surface area contributed by atoms with Crippen LogP contribution < -0.4 is 0 Å². The molecule has 0 saturated heterocycles. The van der Waals surface area contributed by atoms with Gasteiger partial charge in [-0.2, -0.15) is 13.2 Å². The molecule has 0 aromatic heterocycles. The average Bonchev–Trinajstić information content (AvgIpc) is 2.25. The first-order valence-electron chi connectivity index (χ1n) is 5.77. The first-order valence-corrected chi connectivity index (χ1v) is 5.77. The lowest BCUT2D eigenvalue weighted by molar-refractivity contribution is -0.186.